The predicted octanol–water partition coefficient (Wildman–Crippen LogP) is 2.48. The quantitative estimate of drug-likeness (QED) is 0.386. The summed E-state index contributed by atoms with van der Waals surface area (Å²) < 4.78 is 57.1. The lowest BCUT2D eigenvalue weighted by Crippen LogP contribution is -2.75. The monoisotopic (exact) mass is 423 g/mol. The third-order valence-corrected chi connectivity index (χ3v) is 5.39. The Morgan fingerprint density at radius 2 is 0.677 bits per heavy atom. The molecule has 6 heteroatoms. The zero-order valence-corrected chi connectivity index (χ0v) is 17.0. The van der Waals surface area contributed by atoms with Crippen molar-refractivity contribution in [2.75, 3.05) is 7.05 Å². The molecule has 0 unspecified atom stereocenters. The van der Waals surface area contributed by atoms with E-state index in [1.807, 2.05) is 0 Å². The number of halogens is 4. The first-order valence-corrected chi connectivity index (χ1v) is 9.90. The molecule has 0 bridgehead atoms. The Hall–Kier alpha value is -3.38. The first-order valence-electron chi connectivity index (χ1n) is 9.90. The topological polar surface area (TPSA) is 27.6 Å². The highest BCUT2D eigenvalue weighted by atomic mass is 19.1. The van der Waals surface area contributed by atoms with Gasteiger partial charge in [0.1, 0.15) is 29.4 Å². The van der Waals surface area contributed by atoms with Crippen LogP contribution in [-0.2, 0) is 0 Å². The van der Waals surface area contributed by atoms with Crippen LogP contribution in [0.5, 0.6) is 0 Å². The van der Waals surface area contributed by atoms with Crippen molar-refractivity contribution >= 4 is 28.0 Å². The summed E-state index contributed by atoms with van der Waals surface area (Å²) in [6.07, 6.45) is -2.25. The minimum Gasteiger partial charge on any atom is -0.360 e. The fourth-order valence-electron chi connectivity index (χ4n) is 4.26. The van der Waals surface area contributed by atoms with Crippen molar-refractivity contribution in [2.24, 2.45) is 0 Å². The zero-order valence-electron chi connectivity index (χ0n) is 17.0. The van der Waals surface area contributed by atoms with Crippen molar-refractivity contribution in [1.29, 1.82) is 0 Å². The molecule has 0 saturated heterocycles. The van der Waals surface area contributed by atoms with Crippen LogP contribution in [0.1, 0.15) is 0 Å². The molecule has 3 N–H and O–H groups in total. The molecular weight excluding hydrogens is 401 g/mol. The predicted molar refractivity (Wildman–Crippen MR) is 119 cm³/mol. The van der Waals surface area contributed by atoms with E-state index in [2.05, 4.69) is 5.73 Å². The molecule has 1 nitrogen and oxygen atoms in total. The molecule has 4 aromatic carbocycles. The minimum atomic E-state index is -2.25. The summed E-state index contributed by atoms with van der Waals surface area (Å²) in [5, 5.41) is 0. The second kappa shape index (κ2) is 9.62. The van der Waals surface area contributed by atoms with E-state index >= 15 is 0 Å². The van der Waals surface area contributed by atoms with Gasteiger partial charge >= 0.3 is 0 Å². The third-order valence-electron chi connectivity index (χ3n) is 5.39. The van der Waals surface area contributed by atoms with Gasteiger partial charge in [-0.3, -0.25) is 0 Å². The first kappa shape index (κ1) is 22.3. The summed E-state index contributed by atoms with van der Waals surface area (Å²) >= 11 is 0. The van der Waals surface area contributed by atoms with Crippen LogP contribution in [0.25, 0.3) is 0 Å². The maximum atomic E-state index is 14.3. The number of hydrogen-bond donors (Lipinski definition) is 1. The summed E-state index contributed by atoms with van der Waals surface area (Å²) in [5.74, 6) is -1.95. The van der Waals surface area contributed by atoms with E-state index in [4.69, 9.17) is 0 Å². The van der Waals surface area contributed by atoms with Crippen LogP contribution in [-0.4, -0.2) is 13.2 Å². The number of hydrogen-bond acceptors (Lipinski definition) is 0. The van der Waals surface area contributed by atoms with Crippen molar-refractivity contribution in [3.63, 3.8) is 0 Å². The zero-order chi connectivity index (χ0) is 22.4. The van der Waals surface area contributed by atoms with Gasteiger partial charge in [0.2, 0.25) is 0 Å². The van der Waals surface area contributed by atoms with E-state index in [1.54, 1.807) is 55.6 Å². The van der Waals surface area contributed by atoms with Crippen LogP contribution >= 0.6 is 0 Å². The number of rotatable bonds is 4. The minimum absolute atomic E-state index is 0.488. The Morgan fingerprint density at radius 3 is 0.871 bits per heavy atom. The molecule has 0 fully saturated rings. The first-order chi connectivity index (χ1) is 15.0. The fraction of sp³-hybridized carbons (Fsp3) is 0.0400. The lowest BCUT2D eigenvalue weighted by atomic mass is 9.13. The van der Waals surface area contributed by atoms with E-state index in [0.29, 0.717) is 21.9 Å². The molecule has 158 valence electrons. The van der Waals surface area contributed by atoms with Gasteiger partial charge in [0.15, 0.2) is 0 Å². The molecule has 0 saturated carbocycles. The van der Waals surface area contributed by atoms with Gasteiger partial charge in [-0.15, -0.1) is 0 Å². The molecule has 0 aliphatic carbocycles. The Labute approximate surface area is 179 Å². The number of benzene rings is 4. The van der Waals surface area contributed by atoms with Crippen LogP contribution in [0.3, 0.4) is 0 Å². The molecule has 0 radical (unpaired) electrons. The van der Waals surface area contributed by atoms with Crippen LogP contribution in [0.15, 0.2) is 97.1 Å². The van der Waals surface area contributed by atoms with Crippen LogP contribution in [0, 0.1) is 23.3 Å². The number of quaternary nitrogens is 1. The van der Waals surface area contributed by atoms with Gasteiger partial charge in [-0.1, -0.05) is 72.8 Å². The Kier molecular flexibility index (Phi) is 6.93. The van der Waals surface area contributed by atoms with Gasteiger partial charge in [-0.05, 0) is 24.3 Å². The third kappa shape index (κ3) is 4.39. The lowest BCUT2D eigenvalue weighted by molar-refractivity contribution is -0.325. The maximum absolute atomic E-state index is 14.3. The molecule has 0 aliphatic heterocycles. The van der Waals surface area contributed by atoms with Crippen LogP contribution < -0.4 is 27.6 Å². The molecule has 0 spiro atoms. The summed E-state index contributed by atoms with van der Waals surface area (Å²) in [6, 6.07) is 23.5. The normalized spacial score (nSPS) is 10.9. The van der Waals surface area contributed by atoms with Gasteiger partial charge in [0.05, 0.1) is 7.05 Å². The molecule has 4 rings (SSSR count). The Balaban J connectivity index is 0.00000132. The second-order valence-corrected chi connectivity index (χ2v) is 7.09. The highest BCUT2D eigenvalue weighted by Crippen LogP contribution is 2.12. The van der Waals surface area contributed by atoms with Crippen molar-refractivity contribution in [3.05, 3.63) is 120 Å². The molecular formula is C25H22BF4N. The molecule has 0 aromatic heterocycles. The average molecular weight is 423 g/mol. The van der Waals surface area contributed by atoms with Gasteiger partial charge in [0, 0.05) is 0 Å². The smallest absolute Gasteiger partial charge is 0.120 e. The molecule has 31 heavy (non-hydrogen) atoms. The Bertz CT molecular complexity index is 992. The van der Waals surface area contributed by atoms with Crippen molar-refractivity contribution in [2.45, 2.75) is 0 Å². The van der Waals surface area contributed by atoms with E-state index in [9.17, 15) is 17.6 Å². The van der Waals surface area contributed by atoms with Crippen molar-refractivity contribution in [3.8, 4) is 0 Å². The largest absolute Gasteiger partial charge is 0.360 e. The lowest BCUT2D eigenvalue weighted by Gasteiger charge is -2.44. The van der Waals surface area contributed by atoms with Crippen LogP contribution in [0.4, 0.5) is 17.6 Å². The van der Waals surface area contributed by atoms with Crippen molar-refractivity contribution < 1.29 is 23.3 Å². The molecule has 4 aromatic rings. The van der Waals surface area contributed by atoms with Crippen LogP contribution in [0.2, 0.25) is 0 Å². The highest BCUT2D eigenvalue weighted by molar-refractivity contribution is 7.19. The average Bonchev–Trinajstić information content (AvgIpc) is 2.76. The van der Waals surface area contributed by atoms with Gasteiger partial charge in [-0.2, -0.15) is 21.9 Å². The van der Waals surface area contributed by atoms with E-state index in [1.165, 1.54) is 48.5 Å². The molecule has 0 atom stereocenters. The SMILES string of the molecule is C[NH3+].Fc1cccc([B-](c2cccc(F)c2)(c2cccc(F)c2)c2cccc(F)c2)c1. The summed E-state index contributed by atoms with van der Waals surface area (Å²) in [7, 11) is 1.75. The fourth-order valence-corrected chi connectivity index (χ4v) is 4.26. The van der Waals surface area contributed by atoms with Crippen molar-refractivity contribution in [1.82, 2.24) is 0 Å². The Morgan fingerprint density at radius 1 is 0.452 bits per heavy atom. The van der Waals surface area contributed by atoms with E-state index in [-0.39, 0.29) is 0 Å². The van der Waals surface area contributed by atoms with Gasteiger partial charge in [0.25, 0.3) is 0 Å². The van der Waals surface area contributed by atoms with Gasteiger partial charge < -0.3 is 5.73 Å². The molecule has 0 heterocycles. The van der Waals surface area contributed by atoms with E-state index in [0.717, 1.165) is 0 Å². The van der Waals surface area contributed by atoms with E-state index < -0.39 is 29.4 Å². The highest BCUT2D eigenvalue weighted by Gasteiger charge is 2.32. The summed E-state index contributed by atoms with van der Waals surface area (Å²) in [4.78, 5) is 0. The standard InChI is InChI=1S/C24H16BF4.CH5N/c26-21-9-1-5-17(13-21)25(18-6-2-10-22(27)14-18,19-7-3-11-23(28)15-19)20-8-4-12-24(29)16-20;1-2/h1-16H;2H2,1H3/q-1;/p+1. The second-order valence-electron chi connectivity index (χ2n) is 7.09. The molecule has 0 amide bonds. The molecule has 0 aliphatic rings. The van der Waals surface area contributed by atoms with Gasteiger partial charge in [-0.25, -0.2) is 17.6 Å². The summed E-state index contributed by atoms with van der Waals surface area (Å²) in [6.45, 7) is 0. The summed E-state index contributed by atoms with van der Waals surface area (Å²) in [5.41, 5.74) is 5.22. The maximum Gasteiger partial charge on any atom is 0.120 e.